The normalized spacial score (nSPS) is 37.8. The first-order valence-electron chi connectivity index (χ1n) is 5.16. The Morgan fingerprint density at radius 2 is 2.00 bits per heavy atom. The van der Waals surface area contributed by atoms with E-state index in [-0.39, 0.29) is 0 Å². The van der Waals surface area contributed by atoms with E-state index in [1.165, 1.54) is 25.7 Å². The number of hydrogen-bond donors (Lipinski definition) is 1. The standard InChI is InChI=1S/C8H14OS.C2H6/c10-4-3-6-1-2-7-8(5-6)9-7;1-2/h6-8,10H,1-5H2;1-2H3. The maximum absolute atomic E-state index is 5.43. The van der Waals surface area contributed by atoms with Crippen molar-refractivity contribution in [1.29, 1.82) is 0 Å². The van der Waals surface area contributed by atoms with Crippen molar-refractivity contribution in [2.24, 2.45) is 5.92 Å². The molecule has 3 atom stereocenters. The molecule has 1 saturated carbocycles. The lowest BCUT2D eigenvalue weighted by atomic mass is 9.88. The second kappa shape index (κ2) is 5.13. The van der Waals surface area contributed by atoms with Gasteiger partial charge in [-0.3, -0.25) is 0 Å². The minimum Gasteiger partial charge on any atom is -0.370 e. The first-order valence-corrected chi connectivity index (χ1v) is 5.79. The summed E-state index contributed by atoms with van der Waals surface area (Å²) in [5, 5.41) is 0. The summed E-state index contributed by atoms with van der Waals surface area (Å²) in [6, 6.07) is 0. The first kappa shape index (κ1) is 10.4. The molecule has 0 aromatic heterocycles. The van der Waals surface area contributed by atoms with Crippen molar-refractivity contribution in [3.05, 3.63) is 0 Å². The summed E-state index contributed by atoms with van der Waals surface area (Å²) in [4.78, 5) is 0. The van der Waals surface area contributed by atoms with Crippen LogP contribution in [0.25, 0.3) is 0 Å². The molecule has 0 N–H and O–H groups in total. The number of rotatable bonds is 2. The summed E-state index contributed by atoms with van der Waals surface area (Å²) in [5.74, 6) is 1.96. The maximum atomic E-state index is 5.43. The average Bonchev–Trinajstić information content (AvgIpc) is 2.87. The van der Waals surface area contributed by atoms with E-state index in [2.05, 4.69) is 12.6 Å². The summed E-state index contributed by atoms with van der Waals surface area (Å²) < 4.78 is 5.43. The van der Waals surface area contributed by atoms with Gasteiger partial charge in [-0.1, -0.05) is 13.8 Å². The molecule has 3 unspecified atom stereocenters. The fourth-order valence-electron chi connectivity index (χ4n) is 1.93. The Morgan fingerprint density at radius 1 is 1.25 bits per heavy atom. The highest BCUT2D eigenvalue weighted by Gasteiger charge is 2.43. The van der Waals surface area contributed by atoms with Gasteiger partial charge in [-0.25, -0.2) is 0 Å². The van der Waals surface area contributed by atoms with Gasteiger partial charge in [-0.15, -0.1) is 0 Å². The molecule has 1 aliphatic heterocycles. The van der Waals surface area contributed by atoms with E-state index in [1.54, 1.807) is 0 Å². The molecule has 0 bridgehead atoms. The molecular weight excluding hydrogens is 168 g/mol. The van der Waals surface area contributed by atoms with Gasteiger partial charge in [0.15, 0.2) is 0 Å². The third kappa shape index (κ3) is 2.67. The molecule has 2 heteroatoms. The fourth-order valence-corrected chi connectivity index (χ4v) is 2.30. The smallest absolute Gasteiger partial charge is 0.0844 e. The average molecular weight is 188 g/mol. The van der Waals surface area contributed by atoms with Gasteiger partial charge in [0.25, 0.3) is 0 Å². The first-order chi connectivity index (χ1) is 5.90. The second-order valence-corrected chi connectivity index (χ2v) is 3.85. The molecule has 1 heterocycles. The molecule has 1 nitrogen and oxygen atoms in total. The maximum Gasteiger partial charge on any atom is 0.0844 e. The van der Waals surface area contributed by atoms with Crippen LogP contribution in [0.4, 0.5) is 0 Å². The van der Waals surface area contributed by atoms with Gasteiger partial charge in [-0.05, 0) is 37.4 Å². The molecule has 0 aromatic rings. The molecule has 1 saturated heterocycles. The van der Waals surface area contributed by atoms with Crippen LogP contribution in [0.1, 0.15) is 39.5 Å². The Hall–Kier alpha value is 0.310. The number of epoxide rings is 1. The Kier molecular flexibility index (Phi) is 4.44. The van der Waals surface area contributed by atoms with Crippen molar-refractivity contribution in [2.45, 2.75) is 51.7 Å². The van der Waals surface area contributed by atoms with Gasteiger partial charge < -0.3 is 4.74 Å². The van der Waals surface area contributed by atoms with Crippen molar-refractivity contribution in [3.63, 3.8) is 0 Å². The second-order valence-electron chi connectivity index (χ2n) is 3.40. The minimum absolute atomic E-state index is 0.652. The van der Waals surface area contributed by atoms with Crippen molar-refractivity contribution >= 4 is 12.6 Å². The van der Waals surface area contributed by atoms with Crippen LogP contribution in [0, 0.1) is 5.92 Å². The Labute approximate surface area is 81.3 Å². The van der Waals surface area contributed by atoms with E-state index >= 15 is 0 Å². The molecule has 12 heavy (non-hydrogen) atoms. The zero-order valence-electron chi connectivity index (χ0n) is 8.12. The number of thiol groups is 1. The largest absolute Gasteiger partial charge is 0.370 e. The van der Waals surface area contributed by atoms with E-state index in [9.17, 15) is 0 Å². The highest BCUT2D eigenvalue weighted by atomic mass is 32.1. The van der Waals surface area contributed by atoms with Gasteiger partial charge in [0.1, 0.15) is 0 Å². The van der Waals surface area contributed by atoms with Crippen molar-refractivity contribution < 1.29 is 4.74 Å². The van der Waals surface area contributed by atoms with Gasteiger partial charge in [-0.2, -0.15) is 12.6 Å². The SMILES string of the molecule is CC.SCCC1CCC2OC2C1. The Balaban J connectivity index is 0.000000336. The summed E-state index contributed by atoms with van der Waals surface area (Å²) in [6.45, 7) is 4.00. The van der Waals surface area contributed by atoms with Gasteiger partial charge in [0.2, 0.25) is 0 Å². The third-order valence-electron chi connectivity index (χ3n) is 2.65. The zero-order valence-corrected chi connectivity index (χ0v) is 9.02. The Morgan fingerprint density at radius 3 is 2.58 bits per heavy atom. The molecule has 2 aliphatic rings. The van der Waals surface area contributed by atoms with E-state index in [0.29, 0.717) is 12.2 Å². The summed E-state index contributed by atoms with van der Waals surface area (Å²) >= 11 is 4.23. The quantitative estimate of drug-likeness (QED) is 0.519. The van der Waals surface area contributed by atoms with Crippen LogP contribution in [0.15, 0.2) is 0 Å². The fraction of sp³-hybridized carbons (Fsp3) is 1.00. The number of fused-ring (bicyclic) bond motifs is 1. The molecule has 1 aliphatic carbocycles. The number of ether oxygens (including phenoxy) is 1. The van der Waals surface area contributed by atoms with Crippen LogP contribution in [-0.4, -0.2) is 18.0 Å². The third-order valence-corrected chi connectivity index (χ3v) is 2.91. The Bertz CT molecular complexity index is 127. The lowest BCUT2D eigenvalue weighted by Crippen LogP contribution is -2.13. The van der Waals surface area contributed by atoms with Crippen molar-refractivity contribution in [2.75, 3.05) is 5.75 Å². The van der Waals surface area contributed by atoms with Crippen molar-refractivity contribution in [1.82, 2.24) is 0 Å². The molecule has 0 radical (unpaired) electrons. The van der Waals surface area contributed by atoms with E-state index in [1.807, 2.05) is 13.8 Å². The molecule has 2 fully saturated rings. The zero-order chi connectivity index (χ0) is 8.97. The molecule has 72 valence electrons. The lowest BCUT2D eigenvalue weighted by Gasteiger charge is -2.16. The summed E-state index contributed by atoms with van der Waals surface area (Å²) in [7, 11) is 0. The molecule has 0 aromatic carbocycles. The summed E-state index contributed by atoms with van der Waals surface area (Å²) in [5.41, 5.74) is 0. The topological polar surface area (TPSA) is 12.5 Å². The van der Waals surface area contributed by atoms with E-state index < -0.39 is 0 Å². The highest BCUT2D eigenvalue weighted by Crippen LogP contribution is 2.40. The van der Waals surface area contributed by atoms with Gasteiger partial charge in [0, 0.05) is 0 Å². The highest BCUT2D eigenvalue weighted by molar-refractivity contribution is 7.80. The van der Waals surface area contributed by atoms with E-state index in [4.69, 9.17) is 4.74 Å². The summed E-state index contributed by atoms with van der Waals surface area (Å²) in [6.07, 6.45) is 6.60. The predicted octanol–water partition coefficient (Wildman–Crippen LogP) is 2.90. The molecule has 2 rings (SSSR count). The van der Waals surface area contributed by atoms with Crippen LogP contribution < -0.4 is 0 Å². The molecule has 0 amide bonds. The monoisotopic (exact) mass is 188 g/mol. The van der Waals surface area contributed by atoms with Crippen LogP contribution in [0.3, 0.4) is 0 Å². The molecule has 0 spiro atoms. The number of hydrogen-bond acceptors (Lipinski definition) is 2. The van der Waals surface area contributed by atoms with Crippen LogP contribution in [-0.2, 0) is 4.74 Å². The predicted molar refractivity (Wildman–Crippen MR) is 55.8 cm³/mol. The van der Waals surface area contributed by atoms with Crippen molar-refractivity contribution in [3.8, 4) is 0 Å². The van der Waals surface area contributed by atoms with Gasteiger partial charge >= 0.3 is 0 Å². The van der Waals surface area contributed by atoms with Crippen LogP contribution in [0.5, 0.6) is 0 Å². The van der Waals surface area contributed by atoms with Crippen LogP contribution >= 0.6 is 12.6 Å². The van der Waals surface area contributed by atoms with Gasteiger partial charge in [0.05, 0.1) is 12.2 Å². The van der Waals surface area contributed by atoms with E-state index in [0.717, 1.165) is 11.7 Å². The lowest BCUT2D eigenvalue weighted by molar-refractivity contribution is 0.358. The van der Waals surface area contributed by atoms with Crippen LogP contribution in [0.2, 0.25) is 0 Å². The molecular formula is C10H20OS. The minimum atomic E-state index is 0.652.